The van der Waals surface area contributed by atoms with Crippen molar-refractivity contribution >= 4 is 16.8 Å². The Morgan fingerprint density at radius 2 is 1.54 bits per heavy atom. The monoisotopic (exact) mass is 465 g/mol. The van der Waals surface area contributed by atoms with Crippen molar-refractivity contribution in [3.05, 3.63) is 132 Å². The Labute approximate surface area is 202 Å². The van der Waals surface area contributed by atoms with E-state index in [9.17, 15) is 9.18 Å². The predicted molar refractivity (Wildman–Crippen MR) is 134 cm³/mol. The number of pyridine rings is 1. The highest BCUT2D eigenvalue weighted by molar-refractivity contribution is 6.04. The van der Waals surface area contributed by atoms with E-state index < -0.39 is 0 Å². The molecule has 0 fully saturated rings. The molecule has 174 valence electrons. The van der Waals surface area contributed by atoms with Crippen molar-refractivity contribution in [2.24, 2.45) is 0 Å². The number of nitrogens with zero attached hydrogens (tertiary/aromatic N) is 2. The van der Waals surface area contributed by atoms with Crippen LogP contribution in [0.2, 0.25) is 0 Å². The molecule has 1 N–H and O–H groups in total. The molecule has 0 saturated heterocycles. The van der Waals surface area contributed by atoms with Crippen molar-refractivity contribution in [1.29, 1.82) is 0 Å². The van der Waals surface area contributed by atoms with E-state index in [4.69, 9.17) is 4.74 Å². The average molecular weight is 466 g/mol. The molecule has 5 aromatic rings. The molecular formula is C29H24FN3O2. The molecule has 6 heteroatoms. The Balaban J connectivity index is 1.55. The standard InChI is InChI=1S/C29H24FN3O2/c30-24-12-10-22(11-13-24)19-33-26-9-5-4-8-25(26)28(35-20-23-6-2-1-3-7-23)27(33)29(34)32-18-21-14-16-31-17-15-21/h1-17H,18-20H2,(H,32,34). The maximum Gasteiger partial charge on any atom is 0.272 e. The minimum Gasteiger partial charge on any atom is -0.486 e. The summed E-state index contributed by atoms with van der Waals surface area (Å²) in [6, 6.07) is 27.7. The number of para-hydroxylation sites is 1. The van der Waals surface area contributed by atoms with Crippen molar-refractivity contribution in [1.82, 2.24) is 14.9 Å². The molecule has 0 unspecified atom stereocenters. The second-order valence-electron chi connectivity index (χ2n) is 8.22. The summed E-state index contributed by atoms with van der Waals surface area (Å²) in [4.78, 5) is 17.6. The van der Waals surface area contributed by atoms with Crippen LogP contribution in [0.5, 0.6) is 5.75 Å². The van der Waals surface area contributed by atoms with Crippen LogP contribution >= 0.6 is 0 Å². The Bertz CT molecular complexity index is 1430. The Morgan fingerprint density at radius 1 is 0.829 bits per heavy atom. The van der Waals surface area contributed by atoms with Crippen LogP contribution in [0, 0.1) is 5.82 Å². The zero-order valence-electron chi connectivity index (χ0n) is 19.0. The van der Waals surface area contributed by atoms with Crippen molar-refractivity contribution in [3.8, 4) is 5.75 Å². The first-order chi connectivity index (χ1) is 17.2. The van der Waals surface area contributed by atoms with Crippen LogP contribution in [0.15, 0.2) is 103 Å². The third-order valence-corrected chi connectivity index (χ3v) is 5.82. The lowest BCUT2D eigenvalue weighted by molar-refractivity contribution is 0.0937. The van der Waals surface area contributed by atoms with Gasteiger partial charge in [-0.25, -0.2) is 4.39 Å². The number of amides is 1. The second-order valence-corrected chi connectivity index (χ2v) is 8.22. The fourth-order valence-corrected chi connectivity index (χ4v) is 4.08. The molecule has 0 radical (unpaired) electrons. The highest BCUT2D eigenvalue weighted by Crippen LogP contribution is 2.35. The number of halogens is 1. The molecule has 0 aliphatic rings. The first-order valence-electron chi connectivity index (χ1n) is 11.4. The maximum absolute atomic E-state index is 13.6. The lowest BCUT2D eigenvalue weighted by Crippen LogP contribution is -2.26. The van der Waals surface area contributed by atoms with E-state index in [2.05, 4.69) is 10.3 Å². The maximum atomic E-state index is 13.6. The van der Waals surface area contributed by atoms with Crippen molar-refractivity contribution in [2.75, 3.05) is 0 Å². The molecular weight excluding hydrogens is 441 g/mol. The van der Waals surface area contributed by atoms with E-state index in [1.54, 1.807) is 24.5 Å². The van der Waals surface area contributed by atoms with Crippen molar-refractivity contribution in [3.63, 3.8) is 0 Å². The van der Waals surface area contributed by atoms with E-state index in [1.807, 2.05) is 71.3 Å². The minimum atomic E-state index is -0.298. The molecule has 5 nitrogen and oxygen atoms in total. The van der Waals surface area contributed by atoms with Gasteiger partial charge in [0.25, 0.3) is 5.91 Å². The third kappa shape index (κ3) is 5.06. The molecule has 2 aromatic heterocycles. The van der Waals surface area contributed by atoms with Crippen LogP contribution in [0.25, 0.3) is 10.9 Å². The molecule has 0 atom stereocenters. The van der Waals surface area contributed by atoms with Gasteiger partial charge in [0.05, 0.1) is 5.52 Å². The van der Waals surface area contributed by atoms with Gasteiger partial charge in [0.15, 0.2) is 11.4 Å². The summed E-state index contributed by atoms with van der Waals surface area (Å²) in [5, 5.41) is 3.87. The molecule has 1 amide bonds. The third-order valence-electron chi connectivity index (χ3n) is 5.82. The first kappa shape index (κ1) is 22.3. The summed E-state index contributed by atoms with van der Waals surface area (Å²) in [6.45, 7) is 1.08. The fourth-order valence-electron chi connectivity index (χ4n) is 4.08. The summed E-state index contributed by atoms with van der Waals surface area (Å²) in [5.74, 6) is -0.0182. The van der Waals surface area contributed by atoms with Gasteiger partial charge in [-0.3, -0.25) is 9.78 Å². The number of nitrogens with one attached hydrogen (secondary N) is 1. The zero-order valence-corrected chi connectivity index (χ0v) is 19.0. The number of benzene rings is 3. The number of hydrogen-bond acceptors (Lipinski definition) is 3. The number of rotatable bonds is 8. The van der Waals surface area contributed by atoms with Crippen LogP contribution in [0.4, 0.5) is 4.39 Å². The first-order valence-corrected chi connectivity index (χ1v) is 11.4. The Hall–Kier alpha value is -4.45. The van der Waals surface area contributed by atoms with Crippen molar-refractivity contribution < 1.29 is 13.9 Å². The summed E-state index contributed by atoms with van der Waals surface area (Å²) >= 11 is 0. The van der Waals surface area contributed by atoms with Gasteiger partial charge in [0.1, 0.15) is 12.4 Å². The number of fused-ring (bicyclic) bond motifs is 1. The predicted octanol–water partition coefficient (Wildman–Crippen LogP) is 5.73. The summed E-state index contributed by atoms with van der Waals surface area (Å²) in [6.07, 6.45) is 3.39. The minimum absolute atomic E-state index is 0.247. The van der Waals surface area contributed by atoms with Gasteiger partial charge in [0, 0.05) is 30.9 Å². The summed E-state index contributed by atoms with van der Waals surface area (Å²) in [7, 11) is 0. The largest absolute Gasteiger partial charge is 0.486 e. The molecule has 35 heavy (non-hydrogen) atoms. The van der Waals surface area contributed by atoms with Gasteiger partial charge in [-0.2, -0.15) is 0 Å². The Kier molecular flexibility index (Phi) is 6.52. The van der Waals surface area contributed by atoms with E-state index in [0.717, 1.165) is 27.6 Å². The highest BCUT2D eigenvalue weighted by Gasteiger charge is 2.24. The van der Waals surface area contributed by atoms with Gasteiger partial charge < -0.3 is 14.6 Å². The van der Waals surface area contributed by atoms with Crippen LogP contribution in [-0.2, 0) is 19.7 Å². The molecule has 0 aliphatic carbocycles. The molecule has 0 saturated carbocycles. The normalized spacial score (nSPS) is 10.9. The number of carbonyl (C=O) groups is 1. The van der Waals surface area contributed by atoms with Crippen molar-refractivity contribution in [2.45, 2.75) is 19.7 Å². The Morgan fingerprint density at radius 3 is 2.31 bits per heavy atom. The molecule has 3 aromatic carbocycles. The van der Waals surface area contributed by atoms with Crippen LogP contribution in [0.1, 0.15) is 27.2 Å². The quantitative estimate of drug-likeness (QED) is 0.318. The van der Waals surface area contributed by atoms with Crippen LogP contribution in [-0.4, -0.2) is 15.5 Å². The molecule has 0 spiro atoms. The number of carbonyl (C=O) groups excluding carboxylic acids is 1. The van der Waals surface area contributed by atoms with Gasteiger partial charge in [-0.05, 0) is 53.1 Å². The van der Waals surface area contributed by atoms with Crippen LogP contribution < -0.4 is 10.1 Å². The van der Waals surface area contributed by atoms with E-state index in [0.29, 0.717) is 31.1 Å². The van der Waals surface area contributed by atoms with Gasteiger partial charge in [-0.1, -0.05) is 54.6 Å². The highest BCUT2D eigenvalue weighted by atomic mass is 19.1. The lowest BCUT2D eigenvalue weighted by atomic mass is 10.2. The van der Waals surface area contributed by atoms with E-state index >= 15 is 0 Å². The SMILES string of the molecule is O=C(NCc1ccncc1)c1c(OCc2ccccc2)c2ccccc2n1Cc1ccc(F)cc1. The summed E-state index contributed by atoms with van der Waals surface area (Å²) in [5.41, 5.74) is 4.13. The number of ether oxygens (including phenoxy) is 1. The van der Waals surface area contributed by atoms with E-state index in [1.165, 1.54) is 12.1 Å². The van der Waals surface area contributed by atoms with Gasteiger partial charge in [-0.15, -0.1) is 0 Å². The lowest BCUT2D eigenvalue weighted by Gasteiger charge is -2.13. The summed E-state index contributed by atoms with van der Waals surface area (Å²) < 4.78 is 21.7. The molecule has 0 aliphatic heterocycles. The van der Waals surface area contributed by atoms with Gasteiger partial charge >= 0.3 is 0 Å². The second kappa shape index (κ2) is 10.2. The van der Waals surface area contributed by atoms with Crippen LogP contribution in [0.3, 0.4) is 0 Å². The zero-order chi connectivity index (χ0) is 24.0. The van der Waals surface area contributed by atoms with E-state index in [-0.39, 0.29) is 11.7 Å². The van der Waals surface area contributed by atoms with Gasteiger partial charge in [0.2, 0.25) is 0 Å². The number of hydrogen-bond donors (Lipinski definition) is 1. The molecule has 0 bridgehead atoms. The molecule has 5 rings (SSSR count). The topological polar surface area (TPSA) is 56.1 Å². The fraction of sp³-hybridized carbons (Fsp3) is 0.103. The average Bonchev–Trinajstić information content (AvgIpc) is 3.21. The smallest absolute Gasteiger partial charge is 0.272 e. The number of aromatic nitrogens is 2. The molecule has 2 heterocycles.